The molecule has 0 spiro atoms. The Labute approximate surface area is 370 Å². The number of H-pyrrole nitrogens is 2. The highest BCUT2D eigenvalue weighted by Gasteiger charge is 2.44. The number of rotatable bonds is 13. The van der Waals surface area contributed by atoms with Gasteiger partial charge in [-0.25, -0.2) is 19.6 Å². The van der Waals surface area contributed by atoms with Gasteiger partial charge in [-0.2, -0.15) is 0 Å². The first-order valence-electron chi connectivity index (χ1n) is 21.5. The summed E-state index contributed by atoms with van der Waals surface area (Å²) in [6.07, 6.45) is -0.140. The summed E-state index contributed by atoms with van der Waals surface area (Å²) in [5, 5.41) is 14.3. The van der Waals surface area contributed by atoms with Crippen molar-refractivity contribution in [1.82, 2.24) is 40.0 Å². The zero-order chi connectivity index (χ0) is 45.6. The fourth-order valence-corrected chi connectivity index (χ4v) is 9.60. The number of amides is 4. The molecule has 0 bridgehead atoms. The van der Waals surface area contributed by atoms with Crippen LogP contribution < -0.4 is 10.1 Å². The van der Waals surface area contributed by atoms with Crippen LogP contribution in [-0.2, 0) is 35.1 Å². The summed E-state index contributed by atoms with van der Waals surface area (Å²) in [4.78, 5) is 73.6. The first-order valence-corrected chi connectivity index (χ1v) is 21.5. The number of nitrogens with zero attached hydrogens (tertiary/aromatic N) is 5. The van der Waals surface area contributed by atoms with E-state index in [1.54, 1.807) is 37.0 Å². The fourth-order valence-electron chi connectivity index (χ4n) is 9.60. The molecule has 0 saturated carbocycles. The summed E-state index contributed by atoms with van der Waals surface area (Å²) in [6, 6.07) is 11.6. The minimum Gasteiger partial charge on any atom is -0.488 e. The highest BCUT2D eigenvalue weighted by atomic mass is 16.5. The molecular weight excluding hydrogens is 825 g/mol. The molecule has 8 rings (SSSR count). The van der Waals surface area contributed by atoms with E-state index >= 15 is 0 Å². The van der Waals surface area contributed by atoms with Gasteiger partial charge in [0.05, 0.1) is 60.9 Å². The highest BCUT2D eigenvalue weighted by molar-refractivity contribution is 6.07. The number of imidazole rings is 2. The molecule has 5 heterocycles. The lowest BCUT2D eigenvalue weighted by molar-refractivity contribution is -0.141. The van der Waals surface area contributed by atoms with Gasteiger partial charge in [0.25, 0.3) is 0 Å². The molecule has 0 radical (unpaired) electrons. The summed E-state index contributed by atoms with van der Waals surface area (Å²) < 4.78 is 27.6. The van der Waals surface area contributed by atoms with E-state index in [9.17, 15) is 24.3 Å². The van der Waals surface area contributed by atoms with Gasteiger partial charge in [-0.15, -0.1) is 0 Å². The molecule has 3 aliphatic heterocycles. The number of aromatic amines is 2. The monoisotopic (exact) mass is 880 g/mol. The van der Waals surface area contributed by atoms with Crippen molar-refractivity contribution in [3.8, 4) is 28.1 Å². The van der Waals surface area contributed by atoms with Crippen LogP contribution >= 0.6 is 0 Å². The number of carboxylic acid groups (broad SMARTS) is 1. The Balaban J connectivity index is 1.05. The molecular formula is C46H56N8O10. The van der Waals surface area contributed by atoms with Crippen LogP contribution in [0.1, 0.15) is 62.9 Å². The van der Waals surface area contributed by atoms with Crippen LogP contribution in [0.2, 0.25) is 0 Å². The first kappa shape index (κ1) is 44.4. The molecule has 0 aliphatic carbocycles. The van der Waals surface area contributed by atoms with Crippen LogP contribution in [0.15, 0.2) is 48.7 Å². The molecule has 0 unspecified atom stereocenters. The molecule has 5 aromatic rings. The molecule has 3 aliphatic rings. The fraction of sp³-hybridized carbons (Fsp3) is 0.478. The molecule has 2 saturated heterocycles. The smallest absolute Gasteiger partial charge is 0.407 e. The van der Waals surface area contributed by atoms with Gasteiger partial charge in [-0.1, -0.05) is 25.1 Å². The zero-order valence-electron chi connectivity index (χ0n) is 37.3. The van der Waals surface area contributed by atoms with Gasteiger partial charge in [0.2, 0.25) is 11.8 Å². The van der Waals surface area contributed by atoms with Crippen LogP contribution in [0.5, 0.6) is 5.75 Å². The van der Waals surface area contributed by atoms with Crippen molar-refractivity contribution < 1.29 is 48.0 Å². The van der Waals surface area contributed by atoms with Gasteiger partial charge >= 0.3 is 12.2 Å². The summed E-state index contributed by atoms with van der Waals surface area (Å²) in [7, 11) is 7.23. The van der Waals surface area contributed by atoms with E-state index in [-0.39, 0.29) is 29.7 Å². The van der Waals surface area contributed by atoms with E-state index in [2.05, 4.69) is 40.4 Å². The van der Waals surface area contributed by atoms with Gasteiger partial charge in [0.15, 0.2) is 0 Å². The van der Waals surface area contributed by atoms with E-state index < -0.39 is 42.5 Å². The number of methoxy groups -OCH3 is 4. The summed E-state index contributed by atoms with van der Waals surface area (Å²) in [5.74, 6) is 1.61. The first-order chi connectivity index (χ1) is 30.7. The maximum Gasteiger partial charge on any atom is 0.407 e. The number of benzene rings is 3. The quantitative estimate of drug-likeness (QED) is 0.109. The van der Waals surface area contributed by atoms with E-state index in [1.807, 2.05) is 24.3 Å². The number of carbonyl (C=O) groups is 4. The molecule has 64 heavy (non-hydrogen) atoms. The Hall–Kier alpha value is -6.24. The maximum atomic E-state index is 14.1. The molecule has 18 heteroatoms. The van der Waals surface area contributed by atoms with Crippen molar-refractivity contribution in [3.63, 3.8) is 0 Å². The molecule has 18 nitrogen and oxygen atoms in total. The Morgan fingerprint density at radius 2 is 1.67 bits per heavy atom. The molecule has 2 fully saturated rings. The maximum absolute atomic E-state index is 14.1. The Morgan fingerprint density at radius 3 is 2.39 bits per heavy atom. The van der Waals surface area contributed by atoms with Crippen molar-refractivity contribution in [2.45, 2.75) is 76.6 Å². The SMILES string of the molecule is COC[C@H]1C[C@@H](c2ncc(-c3ccc4c(c3)COc3cc5c(ccc6nc([C@@H]7C[C@H](C)CN7C(=O)[C@H]([C@@H](C)OC)N(C)C(=O)O)[nH]c65)cc3-4)[nH]2)N(C(=O)[C@@H](NC(=O)OC)[C@@H](C)OC)C1. The van der Waals surface area contributed by atoms with Crippen molar-refractivity contribution in [3.05, 3.63) is 65.9 Å². The van der Waals surface area contributed by atoms with Crippen molar-refractivity contribution in [2.75, 3.05) is 55.2 Å². The molecule has 4 N–H and O–H groups in total. The standard InChI is InChI=1S/C46H56N8O10/c1-23-13-35(53(19-23)44(56)40(25(3)62-7)52(4)46(58)59)42-48-33-12-10-27-16-32-30-11-9-28(15-29(30)22-64-37(32)17-31(27)39(33)50-42)34-18-47-41(49-34)36-14-26(21-60-5)20-54(36)43(55)38(24(2)61-6)51-45(57)63-8/h9-12,15-18,23-26,35-36,38,40H,13-14,19-22H2,1-8H3,(H,47,49)(H,48,50)(H,51,57)(H,58,59)/t23-,24+,25+,26-,35-,36-,38-,40-/m0/s1. The Bertz CT molecular complexity index is 2580. The molecule has 340 valence electrons. The third-order valence-electron chi connectivity index (χ3n) is 13.1. The van der Waals surface area contributed by atoms with Crippen molar-refractivity contribution in [1.29, 1.82) is 0 Å². The summed E-state index contributed by atoms with van der Waals surface area (Å²) in [5.41, 5.74) is 6.27. The second-order valence-corrected chi connectivity index (χ2v) is 17.2. The number of alkyl carbamates (subject to hydrolysis) is 1. The van der Waals surface area contributed by atoms with Crippen LogP contribution in [0.3, 0.4) is 0 Å². The topological polar surface area (TPSA) is 214 Å². The lowest BCUT2D eigenvalue weighted by Crippen LogP contribution is -2.54. The normalized spacial score (nSPS) is 21.2. The number of nitrogens with one attached hydrogen (secondary N) is 3. The van der Waals surface area contributed by atoms with E-state index in [4.69, 9.17) is 33.7 Å². The Kier molecular flexibility index (Phi) is 12.5. The number of hydrogen-bond donors (Lipinski definition) is 4. The van der Waals surface area contributed by atoms with E-state index in [0.29, 0.717) is 50.8 Å². The van der Waals surface area contributed by atoms with Crippen LogP contribution in [0, 0.1) is 11.8 Å². The number of fused-ring (bicyclic) bond motifs is 6. The van der Waals surface area contributed by atoms with E-state index in [0.717, 1.165) is 60.4 Å². The highest BCUT2D eigenvalue weighted by Crippen LogP contribution is 2.44. The number of likely N-dealkylation sites (tertiary alicyclic amines) is 2. The average molecular weight is 881 g/mol. The zero-order valence-corrected chi connectivity index (χ0v) is 37.3. The summed E-state index contributed by atoms with van der Waals surface area (Å²) >= 11 is 0. The Morgan fingerprint density at radius 1 is 0.922 bits per heavy atom. The largest absolute Gasteiger partial charge is 0.488 e. The number of likely N-dealkylation sites (N-methyl/N-ethyl adjacent to an activating group) is 1. The number of aromatic nitrogens is 4. The van der Waals surface area contributed by atoms with Gasteiger partial charge in [0.1, 0.15) is 36.1 Å². The molecule has 4 amide bonds. The van der Waals surface area contributed by atoms with Crippen LogP contribution in [0.4, 0.5) is 9.59 Å². The minimum absolute atomic E-state index is 0.0579. The van der Waals surface area contributed by atoms with Gasteiger partial charge in [0, 0.05) is 58.3 Å². The molecule has 3 aromatic carbocycles. The van der Waals surface area contributed by atoms with Crippen molar-refractivity contribution in [2.24, 2.45) is 11.8 Å². The number of hydrogen-bond acceptors (Lipinski definition) is 11. The summed E-state index contributed by atoms with van der Waals surface area (Å²) in [6.45, 7) is 7.18. The van der Waals surface area contributed by atoms with E-state index in [1.165, 1.54) is 28.4 Å². The van der Waals surface area contributed by atoms with Gasteiger partial charge in [-0.05, 0) is 78.9 Å². The van der Waals surface area contributed by atoms with Gasteiger partial charge in [-0.3, -0.25) is 14.5 Å². The second-order valence-electron chi connectivity index (χ2n) is 17.2. The predicted octanol–water partition coefficient (Wildman–Crippen LogP) is 5.88. The molecule has 8 atom stereocenters. The van der Waals surface area contributed by atoms with Crippen molar-refractivity contribution >= 4 is 45.8 Å². The van der Waals surface area contributed by atoms with Crippen LogP contribution in [-0.4, -0.2) is 143 Å². The van der Waals surface area contributed by atoms with Crippen LogP contribution in [0.25, 0.3) is 44.2 Å². The third kappa shape index (κ3) is 8.20. The molecule has 2 aromatic heterocycles. The van der Waals surface area contributed by atoms with Gasteiger partial charge < -0.3 is 53.9 Å². The second kappa shape index (κ2) is 18.1. The number of carbonyl (C=O) groups excluding carboxylic acids is 3. The predicted molar refractivity (Wildman–Crippen MR) is 235 cm³/mol. The average Bonchev–Trinajstić information content (AvgIpc) is 4.12. The lowest BCUT2D eigenvalue weighted by Gasteiger charge is -2.34. The minimum atomic E-state index is -1.21. The number of ether oxygens (including phenoxy) is 5. The lowest BCUT2D eigenvalue weighted by atomic mass is 9.92. The third-order valence-corrected chi connectivity index (χ3v) is 13.1.